The number of hydrogen-bond acceptors (Lipinski definition) is 5. The highest BCUT2D eigenvalue weighted by molar-refractivity contribution is 5.82. The first kappa shape index (κ1) is 14.0. The molecule has 0 N–H and O–H groups in total. The molecule has 1 amide bonds. The lowest BCUT2D eigenvalue weighted by atomic mass is 10.1. The summed E-state index contributed by atoms with van der Waals surface area (Å²) in [5, 5.41) is 8.60. The second-order valence-electron chi connectivity index (χ2n) is 5.81. The summed E-state index contributed by atoms with van der Waals surface area (Å²) in [6.45, 7) is 5.45. The van der Waals surface area contributed by atoms with E-state index in [1.54, 1.807) is 0 Å². The molecule has 23 heavy (non-hydrogen) atoms. The van der Waals surface area contributed by atoms with Gasteiger partial charge >= 0.3 is 0 Å². The van der Waals surface area contributed by atoms with Gasteiger partial charge in [-0.2, -0.15) is 0 Å². The van der Waals surface area contributed by atoms with Gasteiger partial charge in [-0.1, -0.05) is 6.92 Å². The maximum Gasteiger partial charge on any atom is 0.245 e. The lowest BCUT2D eigenvalue weighted by Crippen LogP contribution is -2.42. The number of fused-ring (bicyclic) bond motifs is 2. The van der Waals surface area contributed by atoms with E-state index >= 15 is 0 Å². The quantitative estimate of drug-likeness (QED) is 0.866. The zero-order chi connectivity index (χ0) is 16.0. The van der Waals surface area contributed by atoms with Crippen LogP contribution < -0.4 is 9.47 Å². The summed E-state index contributed by atoms with van der Waals surface area (Å²) in [5.41, 5.74) is 0.872. The summed E-state index contributed by atoms with van der Waals surface area (Å²) in [6.07, 6.45) is 0.932. The van der Waals surface area contributed by atoms with Gasteiger partial charge in [0.25, 0.3) is 0 Å². The smallest absolute Gasteiger partial charge is 0.245 e. The van der Waals surface area contributed by atoms with Crippen molar-refractivity contribution in [3.8, 4) is 22.9 Å². The Labute approximate surface area is 133 Å². The number of ether oxygens (including phenoxy) is 2. The lowest BCUT2D eigenvalue weighted by molar-refractivity contribution is -0.136. The van der Waals surface area contributed by atoms with E-state index in [4.69, 9.17) is 9.47 Å². The van der Waals surface area contributed by atoms with E-state index in [1.165, 1.54) is 0 Å². The summed E-state index contributed by atoms with van der Waals surface area (Å²) >= 11 is 0. The number of benzene rings is 1. The van der Waals surface area contributed by atoms with E-state index < -0.39 is 0 Å². The van der Waals surface area contributed by atoms with Crippen molar-refractivity contribution in [2.24, 2.45) is 0 Å². The first-order valence-electron chi connectivity index (χ1n) is 7.81. The van der Waals surface area contributed by atoms with Crippen LogP contribution in [0.1, 0.15) is 32.1 Å². The Morgan fingerprint density at radius 2 is 2.09 bits per heavy atom. The number of hydrogen-bond donors (Lipinski definition) is 0. The maximum atomic E-state index is 12.6. The van der Waals surface area contributed by atoms with Crippen LogP contribution in [0, 0.1) is 0 Å². The minimum atomic E-state index is -0.305. The van der Waals surface area contributed by atoms with E-state index in [-0.39, 0.29) is 18.7 Å². The molecule has 3 heterocycles. The van der Waals surface area contributed by atoms with Gasteiger partial charge in [-0.05, 0) is 31.5 Å². The molecule has 0 saturated carbocycles. The van der Waals surface area contributed by atoms with Gasteiger partial charge in [0.05, 0.1) is 6.54 Å². The van der Waals surface area contributed by atoms with Gasteiger partial charge in [-0.15, -0.1) is 10.2 Å². The Hall–Kier alpha value is -2.57. The van der Waals surface area contributed by atoms with E-state index in [1.807, 2.05) is 34.6 Å². The molecule has 0 bridgehead atoms. The summed E-state index contributed by atoms with van der Waals surface area (Å²) in [6, 6.07) is 5.36. The number of aromatic nitrogens is 3. The number of nitrogens with zero attached hydrogens (tertiary/aromatic N) is 4. The van der Waals surface area contributed by atoms with Crippen LogP contribution in [0.15, 0.2) is 18.2 Å². The van der Waals surface area contributed by atoms with Crippen LogP contribution in [0.4, 0.5) is 0 Å². The first-order chi connectivity index (χ1) is 11.2. The van der Waals surface area contributed by atoms with Crippen LogP contribution in [0.2, 0.25) is 0 Å². The third kappa shape index (κ3) is 2.15. The van der Waals surface area contributed by atoms with Gasteiger partial charge in [-0.25, -0.2) is 0 Å². The van der Waals surface area contributed by atoms with Crippen LogP contribution >= 0.6 is 0 Å². The monoisotopic (exact) mass is 314 g/mol. The highest BCUT2D eigenvalue weighted by atomic mass is 16.7. The van der Waals surface area contributed by atoms with Crippen molar-refractivity contribution in [3.05, 3.63) is 24.0 Å². The maximum absolute atomic E-state index is 12.6. The number of carbonyl (C=O) groups excluding carboxylic acids is 1. The Bertz CT molecular complexity index is 771. The first-order valence-corrected chi connectivity index (χ1v) is 7.81. The van der Waals surface area contributed by atoms with Gasteiger partial charge in [0.1, 0.15) is 6.04 Å². The fourth-order valence-corrected chi connectivity index (χ4v) is 3.15. The predicted octanol–water partition coefficient (Wildman–Crippen LogP) is 1.99. The molecule has 0 aliphatic carbocycles. The Morgan fingerprint density at radius 1 is 1.26 bits per heavy atom. The molecule has 1 aromatic heterocycles. The molecule has 7 nitrogen and oxygen atoms in total. The molecule has 2 aliphatic heterocycles. The standard InChI is InChI=1S/C16H18N4O3/c1-3-6-19-8-14-17-18-15(20(14)10(2)16(19)21)11-4-5-12-13(7-11)23-9-22-12/h4-5,7,10H,3,6,8-9H2,1-2H3/t10-/m1/s1. The normalized spacial score (nSPS) is 19.1. The highest BCUT2D eigenvalue weighted by Gasteiger charge is 2.33. The fraction of sp³-hybridized carbons (Fsp3) is 0.438. The Balaban J connectivity index is 1.75. The second-order valence-corrected chi connectivity index (χ2v) is 5.81. The molecule has 120 valence electrons. The Morgan fingerprint density at radius 3 is 2.91 bits per heavy atom. The van der Waals surface area contributed by atoms with Crippen LogP contribution in [0.25, 0.3) is 11.4 Å². The van der Waals surface area contributed by atoms with Gasteiger partial charge in [-0.3, -0.25) is 9.36 Å². The largest absolute Gasteiger partial charge is 0.454 e. The van der Waals surface area contributed by atoms with Crippen molar-refractivity contribution in [2.75, 3.05) is 13.3 Å². The second kappa shape index (κ2) is 5.26. The van der Waals surface area contributed by atoms with Crippen molar-refractivity contribution in [2.45, 2.75) is 32.9 Å². The van der Waals surface area contributed by atoms with Crippen LogP contribution in [0.3, 0.4) is 0 Å². The van der Waals surface area contributed by atoms with E-state index in [9.17, 15) is 4.79 Å². The van der Waals surface area contributed by atoms with Crippen molar-refractivity contribution >= 4 is 5.91 Å². The number of carbonyl (C=O) groups is 1. The van der Waals surface area contributed by atoms with E-state index in [0.717, 1.165) is 30.1 Å². The molecule has 2 aliphatic rings. The topological polar surface area (TPSA) is 69.5 Å². The third-order valence-corrected chi connectivity index (χ3v) is 4.28. The molecule has 1 atom stereocenters. The zero-order valence-corrected chi connectivity index (χ0v) is 13.2. The molecule has 0 saturated heterocycles. The summed E-state index contributed by atoms with van der Waals surface area (Å²) in [4.78, 5) is 14.4. The molecule has 2 aromatic rings. The van der Waals surface area contributed by atoms with Crippen molar-refractivity contribution in [1.29, 1.82) is 0 Å². The van der Waals surface area contributed by atoms with Crippen LogP contribution in [-0.4, -0.2) is 38.9 Å². The number of amides is 1. The van der Waals surface area contributed by atoms with Gasteiger partial charge in [0.15, 0.2) is 23.1 Å². The molecule has 0 radical (unpaired) electrons. The van der Waals surface area contributed by atoms with Crippen molar-refractivity contribution in [3.63, 3.8) is 0 Å². The molecule has 0 unspecified atom stereocenters. The average molecular weight is 314 g/mol. The fourth-order valence-electron chi connectivity index (χ4n) is 3.15. The lowest BCUT2D eigenvalue weighted by Gasteiger charge is -2.31. The van der Waals surface area contributed by atoms with E-state index in [0.29, 0.717) is 18.1 Å². The number of rotatable bonds is 3. The van der Waals surface area contributed by atoms with Gasteiger partial charge in [0, 0.05) is 12.1 Å². The Kier molecular flexibility index (Phi) is 3.21. The van der Waals surface area contributed by atoms with E-state index in [2.05, 4.69) is 17.1 Å². The van der Waals surface area contributed by atoms with Crippen LogP contribution in [0.5, 0.6) is 11.5 Å². The SMILES string of the molecule is CCCN1Cc2nnc(-c3ccc4c(c3)OCO4)n2[C@H](C)C1=O. The summed E-state index contributed by atoms with van der Waals surface area (Å²) in [7, 11) is 0. The summed E-state index contributed by atoms with van der Waals surface area (Å²) < 4.78 is 12.7. The van der Waals surface area contributed by atoms with Crippen LogP contribution in [-0.2, 0) is 11.3 Å². The van der Waals surface area contributed by atoms with Gasteiger partial charge < -0.3 is 14.4 Å². The highest BCUT2D eigenvalue weighted by Crippen LogP contribution is 2.37. The zero-order valence-electron chi connectivity index (χ0n) is 13.2. The molecular weight excluding hydrogens is 296 g/mol. The molecule has 0 fully saturated rings. The third-order valence-electron chi connectivity index (χ3n) is 4.28. The van der Waals surface area contributed by atoms with Gasteiger partial charge in [0.2, 0.25) is 12.7 Å². The average Bonchev–Trinajstić information content (AvgIpc) is 3.18. The molecule has 1 aromatic carbocycles. The minimum absolute atomic E-state index is 0.112. The predicted molar refractivity (Wildman–Crippen MR) is 82.0 cm³/mol. The van der Waals surface area contributed by atoms with Crippen molar-refractivity contribution < 1.29 is 14.3 Å². The van der Waals surface area contributed by atoms with Crippen molar-refractivity contribution in [1.82, 2.24) is 19.7 Å². The minimum Gasteiger partial charge on any atom is -0.454 e. The molecule has 4 rings (SSSR count). The molecule has 7 heteroatoms. The summed E-state index contributed by atoms with van der Waals surface area (Å²) in [5.74, 6) is 3.04. The molecular formula is C16H18N4O3. The molecule has 0 spiro atoms.